The average molecular weight is 719 g/mol. The Labute approximate surface area is 302 Å². The maximum Gasteiger partial charge on any atom is 0.350 e. The molecule has 1 saturated heterocycles. The van der Waals surface area contributed by atoms with Gasteiger partial charge in [0.25, 0.3) is 0 Å². The minimum atomic E-state index is -0.869. The Bertz CT molecular complexity index is 1850. The Hall–Kier alpha value is -5.08. The zero-order valence-corrected chi connectivity index (χ0v) is 30.2. The highest BCUT2D eigenvalue weighted by molar-refractivity contribution is 5.54. The second-order valence-corrected chi connectivity index (χ2v) is 12.2. The molecule has 2 aromatic heterocycles. The molecule has 14 heteroatoms. The van der Waals surface area contributed by atoms with E-state index in [1.165, 1.54) is 23.4 Å². The number of halogens is 2. The van der Waals surface area contributed by atoms with Crippen LogP contribution in [0.2, 0.25) is 0 Å². The van der Waals surface area contributed by atoms with Crippen molar-refractivity contribution < 1.29 is 23.4 Å². The first-order valence-electron chi connectivity index (χ1n) is 17.9. The monoisotopic (exact) mass is 718 g/mol. The normalized spacial score (nSPS) is 14.2. The lowest BCUT2D eigenvalue weighted by Crippen LogP contribution is -2.46. The van der Waals surface area contributed by atoms with Gasteiger partial charge in [0.1, 0.15) is 55.2 Å². The van der Waals surface area contributed by atoms with E-state index in [-0.39, 0.29) is 37.1 Å². The molecule has 0 saturated carbocycles. The van der Waals surface area contributed by atoms with Crippen LogP contribution in [0.4, 0.5) is 20.2 Å². The third-order valence-corrected chi connectivity index (χ3v) is 9.08. The number of aliphatic hydroxyl groups excluding tert-OH is 1. The highest BCUT2D eigenvalue weighted by Crippen LogP contribution is 2.27. The van der Waals surface area contributed by atoms with Crippen LogP contribution in [0.15, 0.2) is 90.5 Å². The van der Waals surface area contributed by atoms with Crippen LogP contribution in [0.25, 0.3) is 5.69 Å². The number of ether oxygens (including phenoxy) is 2. The number of rotatable bonds is 15. The summed E-state index contributed by atoms with van der Waals surface area (Å²) in [5, 5.41) is 18.5. The van der Waals surface area contributed by atoms with E-state index < -0.39 is 23.8 Å². The van der Waals surface area contributed by atoms with E-state index in [9.17, 15) is 18.7 Å². The molecule has 6 rings (SSSR count). The zero-order valence-electron chi connectivity index (χ0n) is 30.2. The molecule has 1 N–H and O–H groups in total. The predicted molar refractivity (Wildman–Crippen MR) is 196 cm³/mol. The zero-order chi connectivity index (χ0) is 37.0. The van der Waals surface area contributed by atoms with Gasteiger partial charge in [-0.15, -0.1) is 0 Å². The number of benzene rings is 3. The van der Waals surface area contributed by atoms with Gasteiger partial charge >= 0.3 is 5.69 Å². The molecule has 0 amide bonds. The van der Waals surface area contributed by atoms with E-state index in [0.29, 0.717) is 5.75 Å². The fraction of sp³-hybridized carbons (Fsp3) is 0.421. The van der Waals surface area contributed by atoms with Gasteiger partial charge in [-0.2, -0.15) is 10.2 Å². The molecule has 278 valence electrons. The van der Waals surface area contributed by atoms with E-state index in [0.717, 1.165) is 68.2 Å². The molecule has 1 aliphatic rings. The maximum absolute atomic E-state index is 14.7. The first-order valence-corrected chi connectivity index (χ1v) is 17.9. The molecule has 0 aliphatic carbocycles. The minimum Gasteiger partial charge on any atom is -0.491 e. The van der Waals surface area contributed by atoms with Gasteiger partial charge < -0.3 is 24.4 Å². The van der Waals surface area contributed by atoms with E-state index in [1.54, 1.807) is 15.6 Å². The molecule has 1 fully saturated rings. The van der Waals surface area contributed by atoms with E-state index in [1.807, 2.05) is 62.4 Å². The van der Waals surface area contributed by atoms with Crippen molar-refractivity contribution in [2.75, 3.05) is 49.2 Å². The molecule has 0 radical (unpaired) electrons. The summed E-state index contributed by atoms with van der Waals surface area (Å²) in [5.74, 6) is -0.850. The molecule has 12 nitrogen and oxygen atoms in total. The molecule has 0 bridgehead atoms. The van der Waals surface area contributed by atoms with Crippen molar-refractivity contribution in [3.05, 3.63) is 113 Å². The molecule has 5 aromatic rings. The largest absolute Gasteiger partial charge is 0.491 e. The molecule has 1 unspecified atom stereocenters. The Kier molecular flexibility index (Phi) is 13.5. The summed E-state index contributed by atoms with van der Waals surface area (Å²) < 4.78 is 44.9. The van der Waals surface area contributed by atoms with Gasteiger partial charge in [-0.3, -0.25) is 4.68 Å². The fourth-order valence-corrected chi connectivity index (χ4v) is 6.21. The summed E-state index contributed by atoms with van der Waals surface area (Å²) in [6.07, 6.45) is 4.47. The van der Waals surface area contributed by atoms with Gasteiger partial charge in [0.15, 0.2) is 0 Å². The summed E-state index contributed by atoms with van der Waals surface area (Å²) in [4.78, 5) is 21.5. The number of aliphatic hydroxyl groups is 1. The molecular formula is C38H48F2N8O4. The van der Waals surface area contributed by atoms with Crippen LogP contribution in [0.5, 0.6) is 5.75 Å². The van der Waals surface area contributed by atoms with Gasteiger partial charge in [-0.05, 0) is 67.4 Å². The molecule has 1 aliphatic heterocycles. The predicted octanol–water partition coefficient (Wildman–Crippen LogP) is 5.82. The summed E-state index contributed by atoms with van der Waals surface area (Å²) >= 11 is 0. The first kappa shape index (κ1) is 38.2. The highest BCUT2D eigenvalue weighted by Gasteiger charge is 2.24. The molecule has 3 heterocycles. The molecular weight excluding hydrogens is 670 g/mol. The van der Waals surface area contributed by atoms with Crippen molar-refractivity contribution in [3.8, 4) is 11.4 Å². The Morgan fingerprint density at radius 2 is 1.44 bits per heavy atom. The molecule has 52 heavy (non-hydrogen) atoms. The van der Waals surface area contributed by atoms with Gasteiger partial charge in [-0.25, -0.2) is 27.8 Å². The van der Waals surface area contributed by atoms with E-state index >= 15 is 0 Å². The second kappa shape index (κ2) is 18.4. The first-order chi connectivity index (χ1) is 25.4. The van der Waals surface area contributed by atoms with Gasteiger partial charge in [0.2, 0.25) is 0 Å². The van der Waals surface area contributed by atoms with Crippen LogP contribution in [0, 0.1) is 11.6 Å². The second-order valence-electron chi connectivity index (χ2n) is 12.2. The lowest BCUT2D eigenvalue weighted by atomic mass is 10.1. The Morgan fingerprint density at radius 1 is 0.827 bits per heavy atom. The van der Waals surface area contributed by atoms with E-state index in [4.69, 9.17) is 9.47 Å². The topological polar surface area (TPSA) is 116 Å². The molecule has 0 spiro atoms. The lowest BCUT2D eigenvalue weighted by Gasteiger charge is -2.37. The van der Waals surface area contributed by atoms with Gasteiger partial charge in [0.05, 0.1) is 24.9 Å². The summed E-state index contributed by atoms with van der Waals surface area (Å²) in [6.45, 7) is 11.2. The van der Waals surface area contributed by atoms with Gasteiger partial charge in [0, 0.05) is 49.2 Å². The standard InChI is InChI=1S/C36H42F2N8O4.C2H6/c1-3-27(4-2)46-36(48)45(25-41-46)30-8-6-28(7-9-30)42-15-17-43(18-16-42)29-10-12-31(13-11-29)49-22-32(21-47)50-35(20-44-24-39-23-40-44)33-14-5-26(37)19-34(33)38;1-2/h5-14,19,23-25,27,32,35,47H,3-4,15-18,20-22H2,1-2H3;1-2H3/t32-,35?;/m1./s1. The van der Waals surface area contributed by atoms with Crippen LogP contribution >= 0.6 is 0 Å². The van der Waals surface area contributed by atoms with Crippen molar-refractivity contribution in [3.63, 3.8) is 0 Å². The summed E-state index contributed by atoms with van der Waals surface area (Å²) in [6, 6.07) is 19.1. The van der Waals surface area contributed by atoms with Gasteiger partial charge in [-0.1, -0.05) is 33.8 Å². The Morgan fingerprint density at radius 3 is 2.00 bits per heavy atom. The highest BCUT2D eigenvalue weighted by atomic mass is 19.1. The maximum atomic E-state index is 14.7. The van der Waals surface area contributed by atoms with Crippen LogP contribution in [0.3, 0.4) is 0 Å². The van der Waals surface area contributed by atoms with Crippen molar-refractivity contribution >= 4 is 11.4 Å². The van der Waals surface area contributed by atoms with Crippen molar-refractivity contribution in [1.29, 1.82) is 0 Å². The van der Waals surface area contributed by atoms with Crippen LogP contribution in [-0.4, -0.2) is 79.7 Å². The number of anilines is 2. The number of hydrogen-bond acceptors (Lipinski definition) is 9. The summed E-state index contributed by atoms with van der Waals surface area (Å²) in [5.41, 5.74) is 2.98. The number of hydrogen-bond donors (Lipinski definition) is 1. The Balaban J connectivity index is 0.00000257. The van der Waals surface area contributed by atoms with Crippen molar-refractivity contribution in [2.24, 2.45) is 0 Å². The van der Waals surface area contributed by atoms with Crippen LogP contribution < -0.4 is 20.2 Å². The van der Waals surface area contributed by atoms with Crippen LogP contribution in [-0.2, 0) is 11.3 Å². The summed E-state index contributed by atoms with van der Waals surface area (Å²) in [7, 11) is 0. The fourth-order valence-electron chi connectivity index (χ4n) is 6.21. The SMILES string of the molecule is CC.CCC(CC)n1ncn(-c2ccc(N3CCN(c4ccc(OC[C@@H](CO)OC(Cn5cncn5)c5ccc(F)cc5F)cc4)CC3)cc2)c1=O. The third kappa shape index (κ3) is 9.22. The van der Waals surface area contributed by atoms with Crippen molar-refractivity contribution in [1.82, 2.24) is 29.1 Å². The molecule has 3 aromatic carbocycles. The van der Waals surface area contributed by atoms with E-state index in [2.05, 4.69) is 38.8 Å². The number of nitrogens with zero attached hydrogens (tertiary/aromatic N) is 8. The third-order valence-electron chi connectivity index (χ3n) is 9.08. The number of piperazine rings is 1. The average Bonchev–Trinajstić information content (AvgIpc) is 3.84. The lowest BCUT2D eigenvalue weighted by molar-refractivity contribution is -0.0681. The number of aromatic nitrogens is 6. The van der Waals surface area contributed by atoms with Crippen molar-refractivity contribution in [2.45, 2.75) is 65.3 Å². The van der Waals surface area contributed by atoms with Crippen LogP contribution in [0.1, 0.15) is 58.2 Å². The quantitative estimate of drug-likeness (QED) is 0.143. The smallest absolute Gasteiger partial charge is 0.350 e. The molecule has 2 atom stereocenters. The minimum absolute atomic E-state index is 0.0129.